The van der Waals surface area contributed by atoms with Crippen LogP contribution in [0.3, 0.4) is 0 Å². The number of hydrogen-bond donors (Lipinski definition) is 0. The van der Waals surface area contributed by atoms with Crippen molar-refractivity contribution in [3.63, 3.8) is 0 Å². The number of allylic oxidation sites excluding steroid dienone is 9. The molecule has 3 aromatic carbocycles. The molecule has 1 heterocycles. The molecule has 0 unspecified atom stereocenters. The molecule has 4 aromatic rings. The molecule has 0 fully saturated rings. The number of hydrogen-bond acceptors (Lipinski definition) is 2. The molecule has 0 aliphatic heterocycles. The predicted octanol–water partition coefficient (Wildman–Crippen LogP) is 10.5. The molecule has 0 N–H and O–H groups in total. The second-order valence-corrected chi connectivity index (χ2v) is 10.2. The van der Waals surface area contributed by atoms with Crippen LogP contribution in [-0.2, 0) is 51.8 Å². The largest absolute Gasteiger partial charge is 0.694 e. The summed E-state index contributed by atoms with van der Waals surface area (Å²) in [6.07, 6.45) is 35.5. The average molecular weight is 994 g/mol. The van der Waals surface area contributed by atoms with Gasteiger partial charge in [0.15, 0.2) is 0 Å². The Balaban J connectivity index is 0.000000470. The molecule has 0 amide bonds. The first-order valence-electron chi connectivity index (χ1n) is 15.2. The number of anilines is 2. The van der Waals surface area contributed by atoms with E-state index in [4.69, 9.17) is 12.8 Å². The van der Waals surface area contributed by atoms with Gasteiger partial charge >= 0.3 is 0 Å². The van der Waals surface area contributed by atoms with Gasteiger partial charge in [-0.1, -0.05) is 97.6 Å². The standard InChI is InChI=1S/C25H26N2.C15H12N.C3H3.2Au/c1-2-3-4-14-21-26(23-15-8-5-9-16-23)22-27(24-17-10-6-11-18-24)25-19-12-7-13-20-25;1-4-12(2)9-10-14-11-13-7-5-6-8-15(13)16(14)3;1-3-2;;/h2-4,6-8,10-21H,1,5,9,22H2;5-11H,2H2,3H3;1H3;;/q;2*-1;;/b4-3-,21-14+;10-9-;;;. The van der Waals surface area contributed by atoms with E-state index in [2.05, 4.69) is 143 Å². The maximum absolute atomic E-state index is 6.93. The molecule has 5 heteroatoms. The Bertz CT molecular complexity index is 1750. The van der Waals surface area contributed by atoms with Crippen LogP contribution in [0.5, 0.6) is 0 Å². The number of fused-ring (bicyclic) bond motifs is 1. The zero-order valence-corrected chi connectivity index (χ0v) is 31.7. The minimum Gasteiger partial charge on any atom is -0.694 e. The SMILES string of the molecule is C=C/C=C\C=C\N(CN(c1ccccc1)c1ccccc1)C1=CCCC=C1.[Au].[Au].[C-]#CC.[C-]#CC(=C)/C=C\c1cc2ccccc2n1C. The van der Waals surface area contributed by atoms with E-state index < -0.39 is 0 Å². The number of para-hydroxylation sites is 3. The minimum atomic E-state index is 0. The van der Waals surface area contributed by atoms with Crippen LogP contribution in [0.25, 0.3) is 17.0 Å². The van der Waals surface area contributed by atoms with Crippen LogP contribution in [0.2, 0.25) is 0 Å². The summed E-state index contributed by atoms with van der Waals surface area (Å²) in [4.78, 5) is 4.61. The van der Waals surface area contributed by atoms with E-state index in [0.717, 1.165) is 25.2 Å². The number of nitrogens with zero attached hydrogens (tertiary/aromatic N) is 3. The molecule has 2 radical (unpaired) electrons. The second kappa shape index (κ2) is 23.8. The van der Waals surface area contributed by atoms with Crippen molar-refractivity contribution in [3.05, 3.63) is 189 Å². The summed E-state index contributed by atoms with van der Waals surface area (Å²) in [7, 11) is 2.03. The maximum Gasteiger partial charge on any atom is 0.0993 e. The van der Waals surface area contributed by atoms with Crippen LogP contribution in [0.4, 0.5) is 11.4 Å². The van der Waals surface area contributed by atoms with Gasteiger partial charge in [-0.15, -0.1) is 11.6 Å². The van der Waals surface area contributed by atoms with Gasteiger partial charge in [-0.3, -0.25) is 5.92 Å². The molecule has 0 spiro atoms. The van der Waals surface area contributed by atoms with Crippen molar-refractivity contribution < 1.29 is 44.8 Å². The average Bonchev–Trinajstić information content (AvgIpc) is 3.43. The summed E-state index contributed by atoms with van der Waals surface area (Å²) >= 11 is 0. The fraction of sp³-hybridized carbons (Fsp3) is 0.116. The van der Waals surface area contributed by atoms with Crippen molar-refractivity contribution in [3.8, 4) is 11.8 Å². The van der Waals surface area contributed by atoms with Gasteiger partial charge in [0.05, 0.1) is 6.67 Å². The second-order valence-electron chi connectivity index (χ2n) is 10.2. The number of aryl methyl sites for hydroxylation is 1. The monoisotopic (exact) mass is 993 g/mol. The van der Waals surface area contributed by atoms with Gasteiger partial charge in [0.1, 0.15) is 0 Å². The quantitative estimate of drug-likeness (QED) is 0.0516. The van der Waals surface area contributed by atoms with Gasteiger partial charge in [-0.2, -0.15) is 6.58 Å². The van der Waals surface area contributed by atoms with Crippen molar-refractivity contribution >= 4 is 28.4 Å². The van der Waals surface area contributed by atoms with Gasteiger partial charge in [-0.25, -0.2) is 0 Å². The van der Waals surface area contributed by atoms with Crippen LogP contribution < -0.4 is 4.90 Å². The van der Waals surface area contributed by atoms with E-state index in [0.29, 0.717) is 5.57 Å². The van der Waals surface area contributed by atoms with Crippen LogP contribution in [-0.4, -0.2) is 16.1 Å². The van der Waals surface area contributed by atoms with Crippen LogP contribution >= 0.6 is 0 Å². The first kappa shape index (κ1) is 41.6. The zero-order chi connectivity index (χ0) is 33.0. The molecule has 3 nitrogen and oxygen atoms in total. The summed E-state index contributed by atoms with van der Waals surface area (Å²) in [5.74, 6) is 4.25. The van der Waals surface area contributed by atoms with Gasteiger partial charge in [-0.05, 0) is 68.3 Å². The summed E-state index contributed by atoms with van der Waals surface area (Å²) in [6, 6.07) is 31.4. The third kappa shape index (κ3) is 13.4. The van der Waals surface area contributed by atoms with E-state index in [9.17, 15) is 0 Å². The fourth-order valence-electron chi connectivity index (χ4n) is 4.70. The fourth-order valence-corrected chi connectivity index (χ4v) is 4.70. The molecule has 0 saturated carbocycles. The molecule has 1 aliphatic carbocycles. The summed E-state index contributed by atoms with van der Waals surface area (Å²) in [5.41, 5.74) is 6.43. The van der Waals surface area contributed by atoms with Crippen molar-refractivity contribution in [1.29, 1.82) is 0 Å². The summed E-state index contributed by atoms with van der Waals surface area (Å²) in [6.45, 7) is 9.67. The smallest absolute Gasteiger partial charge is 0.0993 e. The molecule has 0 bridgehead atoms. The van der Waals surface area contributed by atoms with Gasteiger partial charge in [0, 0.05) is 91.7 Å². The molecule has 0 atom stereocenters. The number of rotatable bonds is 10. The van der Waals surface area contributed by atoms with Crippen molar-refractivity contribution in [2.75, 3.05) is 11.6 Å². The van der Waals surface area contributed by atoms with E-state index in [-0.39, 0.29) is 44.8 Å². The van der Waals surface area contributed by atoms with Gasteiger partial charge in [0.25, 0.3) is 0 Å². The van der Waals surface area contributed by atoms with Crippen molar-refractivity contribution in [2.24, 2.45) is 7.05 Å². The van der Waals surface area contributed by atoms with E-state index >= 15 is 0 Å². The third-order valence-electron chi connectivity index (χ3n) is 6.97. The maximum atomic E-state index is 6.93. The molecule has 48 heavy (non-hydrogen) atoms. The minimum absolute atomic E-state index is 0. The van der Waals surface area contributed by atoms with Crippen LogP contribution in [0.1, 0.15) is 25.5 Å². The zero-order valence-electron chi connectivity index (χ0n) is 27.4. The molecular weight excluding hydrogens is 952 g/mol. The molecule has 1 aromatic heterocycles. The van der Waals surface area contributed by atoms with Crippen LogP contribution in [0.15, 0.2) is 170 Å². The van der Waals surface area contributed by atoms with E-state index in [1.54, 1.807) is 19.1 Å². The Morgan fingerprint density at radius 1 is 0.875 bits per heavy atom. The molecule has 0 saturated heterocycles. The Kier molecular flexibility index (Phi) is 20.7. The van der Waals surface area contributed by atoms with Gasteiger partial charge < -0.3 is 33.1 Å². The topological polar surface area (TPSA) is 11.4 Å². The predicted molar refractivity (Wildman–Crippen MR) is 198 cm³/mol. The summed E-state index contributed by atoms with van der Waals surface area (Å²) in [5, 5.41) is 1.22. The molecule has 5 rings (SSSR count). The first-order chi connectivity index (χ1) is 22.5. The van der Waals surface area contributed by atoms with Crippen molar-refractivity contribution in [2.45, 2.75) is 19.8 Å². The molecule has 252 valence electrons. The third-order valence-corrected chi connectivity index (χ3v) is 6.97. The van der Waals surface area contributed by atoms with E-state index in [1.165, 1.54) is 28.0 Å². The van der Waals surface area contributed by atoms with Crippen LogP contribution in [0, 0.1) is 24.7 Å². The first-order valence-corrected chi connectivity index (χ1v) is 15.2. The molecule has 1 aliphatic rings. The Hall–Kier alpha value is -4.42. The Labute approximate surface area is 319 Å². The normalized spacial score (nSPS) is 11.5. The number of aromatic nitrogens is 1. The number of benzene rings is 3. The summed E-state index contributed by atoms with van der Waals surface area (Å²) < 4.78 is 2.11. The Morgan fingerprint density at radius 2 is 1.48 bits per heavy atom. The molecular formula is C43H41Au2N3-2. The van der Waals surface area contributed by atoms with E-state index in [1.807, 2.05) is 43.3 Å². The Morgan fingerprint density at radius 3 is 2.02 bits per heavy atom. The van der Waals surface area contributed by atoms with Gasteiger partial charge in [0.2, 0.25) is 0 Å². The van der Waals surface area contributed by atoms with Crippen molar-refractivity contribution in [1.82, 2.24) is 9.47 Å².